The summed E-state index contributed by atoms with van der Waals surface area (Å²) in [5.74, 6) is 1.86. The van der Waals surface area contributed by atoms with Crippen molar-refractivity contribution in [2.75, 3.05) is 0 Å². The first kappa shape index (κ1) is 9.99. The average molecular weight is 219 g/mol. The van der Waals surface area contributed by atoms with Crippen LogP contribution in [0.4, 0.5) is 0 Å². The van der Waals surface area contributed by atoms with Crippen LogP contribution >= 0.6 is 11.6 Å². The standard InChI is InChI=1S/C12H9ClNO/c13-8-10-4-1-2-6-12(10)15-11-5-3-7-14-9-11/h2-7,9H,8H2. The van der Waals surface area contributed by atoms with Crippen LogP contribution < -0.4 is 4.74 Å². The highest BCUT2D eigenvalue weighted by Gasteiger charge is 2.02. The molecule has 0 unspecified atom stereocenters. The van der Waals surface area contributed by atoms with Crippen molar-refractivity contribution < 1.29 is 4.74 Å². The maximum absolute atomic E-state index is 5.78. The molecule has 0 aliphatic carbocycles. The van der Waals surface area contributed by atoms with Gasteiger partial charge in [-0.1, -0.05) is 6.07 Å². The van der Waals surface area contributed by atoms with E-state index >= 15 is 0 Å². The molecule has 0 atom stereocenters. The molecule has 1 heterocycles. The molecule has 0 aliphatic heterocycles. The predicted molar refractivity (Wildman–Crippen MR) is 59.1 cm³/mol. The van der Waals surface area contributed by atoms with Gasteiger partial charge in [-0.15, -0.1) is 11.6 Å². The fourth-order valence-corrected chi connectivity index (χ4v) is 1.40. The van der Waals surface area contributed by atoms with Crippen LogP contribution in [0.25, 0.3) is 0 Å². The van der Waals surface area contributed by atoms with Gasteiger partial charge in [0.05, 0.1) is 12.1 Å². The summed E-state index contributed by atoms with van der Waals surface area (Å²) in [6.07, 6.45) is 3.36. The van der Waals surface area contributed by atoms with Gasteiger partial charge >= 0.3 is 0 Å². The van der Waals surface area contributed by atoms with Crippen molar-refractivity contribution in [3.63, 3.8) is 0 Å². The predicted octanol–water partition coefficient (Wildman–Crippen LogP) is 3.41. The van der Waals surface area contributed by atoms with Gasteiger partial charge in [-0.25, -0.2) is 0 Å². The first-order valence-electron chi connectivity index (χ1n) is 4.53. The van der Waals surface area contributed by atoms with Crippen molar-refractivity contribution in [3.05, 3.63) is 54.4 Å². The molecule has 0 fully saturated rings. The Bertz CT molecular complexity index is 431. The monoisotopic (exact) mass is 218 g/mol. The maximum atomic E-state index is 5.78. The molecule has 2 rings (SSSR count). The maximum Gasteiger partial charge on any atom is 0.145 e. The summed E-state index contributed by atoms with van der Waals surface area (Å²) in [6, 6.07) is 12.1. The summed E-state index contributed by atoms with van der Waals surface area (Å²) in [5, 5.41) is 0. The van der Waals surface area contributed by atoms with Crippen LogP contribution in [0.15, 0.2) is 42.7 Å². The zero-order chi connectivity index (χ0) is 10.5. The van der Waals surface area contributed by atoms with Crippen LogP contribution in [-0.4, -0.2) is 4.98 Å². The third-order valence-corrected chi connectivity index (χ3v) is 2.20. The lowest BCUT2D eigenvalue weighted by Gasteiger charge is -2.08. The Morgan fingerprint density at radius 2 is 2.33 bits per heavy atom. The Kier molecular flexibility index (Phi) is 3.20. The Morgan fingerprint density at radius 3 is 3.07 bits per heavy atom. The lowest BCUT2D eigenvalue weighted by atomic mass is 10.2. The zero-order valence-corrected chi connectivity index (χ0v) is 8.74. The summed E-state index contributed by atoms with van der Waals surface area (Å²) in [7, 11) is 0. The molecule has 3 heteroatoms. The topological polar surface area (TPSA) is 22.1 Å². The van der Waals surface area contributed by atoms with E-state index in [4.69, 9.17) is 16.3 Å². The minimum Gasteiger partial charge on any atom is -0.455 e. The summed E-state index contributed by atoms with van der Waals surface area (Å²) in [4.78, 5) is 3.97. The molecule has 15 heavy (non-hydrogen) atoms. The van der Waals surface area contributed by atoms with Crippen molar-refractivity contribution in [1.29, 1.82) is 0 Å². The highest BCUT2D eigenvalue weighted by molar-refractivity contribution is 6.17. The number of rotatable bonds is 3. The van der Waals surface area contributed by atoms with Crippen LogP contribution in [0.1, 0.15) is 5.56 Å². The van der Waals surface area contributed by atoms with Gasteiger partial charge in [-0.2, -0.15) is 0 Å². The van der Waals surface area contributed by atoms with Crippen LogP contribution in [0.3, 0.4) is 0 Å². The summed E-state index contributed by atoms with van der Waals surface area (Å²) >= 11 is 5.78. The number of benzene rings is 1. The highest BCUT2D eigenvalue weighted by Crippen LogP contribution is 2.25. The van der Waals surface area contributed by atoms with E-state index in [1.54, 1.807) is 18.5 Å². The first-order chi connectivity index (χ1) is 7.40. The van der Waals surface area contributed by atoms with E-state index in [9.17, 15) is 0 Å². The molecule has 0 saturated carbocycles. The fourth-order valence-electron chi connectivity index (χ4n) is 1.19. The molecule has 75 valence electrons. The second kappa shape index (κ2) is 4.80. The lowest BCUT2D eigenvalue weighted by molar-refractivity contribution is 0.476. The largest absolute Gasteiger partial charge is 0.455 e. The van der Waals surface area contributed by atoms with Crippen molar-refractivity contribution >= 4 is 11.6 Å². The van der Waals surface area contributed by atoms with Crippen LogP contribution in [0.5, 0.6) is 11.5 Å². The number of hydrogen-bond donors (Lipinski definition) is 0. The second-order valence-corrected chi connectivity index (χ2v) is 3.23. The third kappa shape index (κ3) is 2.48. The molecule has 0 N–H and O–H groups in total. The Hall–Kier alpha value is -1.54. The molecule has 1 aromatic carbocycles. The van der Waals surface area contributed by atoms with Crippen molar-refractivity contribution in [3.8, 4) is 11.5 Å². The van der Waals surface area contributed by atoms with E-state index in [1.807, 2.05) is 24.3 Å². The van der Waals surface area contributed by atoms with E-state index in [0.29, 0.717) is 11.6 Å². The smallest absolute Gasteiger partial charge is 0.145 e. The quantitative estimate of drug-likeness (QED) is 0.737. The van der Waals surface area contributed by atoms with E-state index in [2.05, 4.69) is 11.1 Å². The highest BCUT2D eigenvalue weighted by atomic mass is 35.5. The molecular weight excluding hydrogens is 210 g/mol. The molecule has 0 bridgehead atoms. The van der Waals surface area contributed by atoms with Crippen molar-refractivity contribution in [2.45, 2.75) is 5.88 Å². The first-order valence-corrected chi connectivity index (χ1v) is 5.06. The molecule has 2 aromatic rings. The van der Waals surface area contributed by atoms with Crippen LogP contribution in [-0.2, 0) is 5.88 Å². The number of nitrogens with zero attached hydrogens (tertiary/aromatic N) is 1. The van der Waals surface area contributed by atoms with Gasteiger partial charge in [0, 0.05) is 11.8 Å². The van der Waals surface area contributed by atoms with Gasteiger partial charge in [0.25, 0.3) is 0 Å². The number of halogens is 1. The van der Waals surface area contributed by atoms with Gasteiger partial charge < -0.3 is 4.74 Å². The Labute approximate surface area is 93.5 Å². The number of ether oxygens (including phenoxy) is 1. The zero-order valence-electron chi connectivity index (χ0n) is 7.98. The normalized spacial score (nSPS) is 9.93. The van der Waals surface area contributed by atoms with E-state index < -0.39 is 0 Å². The Morgan fingerprint density at radius 1 is 1.40 bits per heavy atom. The molecule has 0 amide bonds. The molecule has 2 nitrogen and oxygen atoms in total. The number of pyridine rings is 1. The van der Waals surface area contributed by atoms with Gasteiger partial charge in [-0.3, -0.25) is 4.98 Å². The van der Waals surface area contributed by atoms with Gasteiger partial charge in [-0.05, 0) is 30.3 Å². The van der Waals surface area contributed by atoms with Crippen LogP contribution in [0.2, 0.25) is 0 Å². The molecule has 1 radical (unpaired) electrons. The van der Waals surface area contributed by atoms with E-state index in [-0.39, 0.29) is 0 Å². The van der Waals surface area contributed by atoms with Gasteiger partial charge in [0.1, 0.15) is 11.5 Å². The van der Waals surface area contributed by atoms with Gasteiger partial charge in [0.15, 0.2) is 0 Å². The molecule has 0 spiro atoms. The molecule has 0 saturated heterocycles. The molecule has 1 aromatic heterocycles. The van der Waals surface area contributed by atoms with Crippen molar-refractivity contribution in [2.24, 2.45) is 0 Å². The van der Waals surface area contributed by atoms with Crippen LogP contribution in [0, 0.1) is 6.07 Å². The van der Waals surface area contributed by atoms with E-state index in [0.717, 1.165) is 11.3 Å². The van der Waals surface area contributed by atoms with E-state index in [1.165, 1.54) is 0 Å². The Balaban J connectivity index is 2.24. The number of alkyl halides is 1. The fraction of sp³-hybridized carbons (Fsp3) is 0.0833. The van der Waals surface area contributed by atoms with Crippen molar-refractivity contribution in [1.82, 2.24) is 4.98 Å². The van der Waals surface area contributed by atoms with Gasteiger partial charge in [0.2, 0.25) is 0 Å². The molecular formula is C12H9ClNO. The average Bonchev–Trinajstić information content (AvgIpc) is 2.31. The number of hydrogen-bond acceptors (Lipinski definition) is 2. The minimum atomic E-state index is 0.410. The second-order valence-electron chi connectivity index (χ2n) is 2.96. The third-order valence-electron chi connectivity index (χ3n) is 1.91. The summed E-state index contributed by atoms with van der Waals surface area (Å²) in [6.45, 7) is 0. The lowest BCUT2D eigenvalue weighted by Crippen LogP contribution is -1.89. The summed E-state index contributed by atoms with van der Waals surface area (Å²) in [5.41, 5.74) is 0.919. The summed E-state index contributed by atoms with van der Waals surface area (Å²) < 4.78 is 5.63. The SMILES string of the molecule is ClCc1c[c]ccc1Oc1cccnc1. The minimum absolute atomic E-state index is 0.410. The number of aromatic nitrogens is 1. The molecule has 0 aliphatic rings.